The molecule has 14 heteroatoms. The molecule has 0 aromatic carbocycles. The van der Waals surface area contributed by atoms with Crippen molar-refractivity contribution >= 4 is 44.8 Å². The zero-order valence-corrected chi connectivity index (χ0v) is 23.6. The van der Waals surface area contributed by atoms with E-state index >= 15 is 0 Å². The van der Waals surface area contributed by atoms with Crippen LogP contribution in [0.1, 0.15) is 58.7 Å². The van der Waals surface area contributed by atoms with Crippen molar-refractivity contribution < 1.29 is 19.1 Å². The van der Waals surface area contributed by atoms with Gasteiger partial charge in [0.2, 0.25) is 33.8 Å². The zero-order chi connectivity index (χ0) is 27.9. The van der Waals surface area contributed by atoms with E-state index in [1.807, 2.05) is 0 Å². The van der Waals surface area contributed by atoms with Gasteiger partial charge in [0.05, 0.1) is 27.1 Å². The van der Waals surface area contributed by atoms with Gasteiger partial charge in [-0.1, -0.05) is 29.1 Å². The molecule has 0 bridgehead atoms. The molecule has 1 aliphatic rings. The van der Waals surface area contributed by atoms with Gasteiger partial charge in [-0.2, -0.15) is 0 Å². The van der Waals surface area contributed by atoms with E-state index in [1.54, 1.807) is 36.7 Å². The highest BCUT2D eigenvalue weighted by atomic mass is 32.1. The van der Waals surface area contributed by atoms with Crippen LogP contribution in [-0.4, -0.2) is 56.4 Å². The van der Waals surface area contributed by atoms with Gasteiger partial charge < -0.3 is 20.1 Å². The molecule has 4 aromatic heterocycles. The maximum Gasteiger partial charge on any atom is 0.230 e. The number of pyridine rings is 2. The Morgan fingerprint density at radius 3 is 1.73 bits per heavy atom. The Balaban J connectivity index is 1.14. The molecule has 1 saturated carbocycles. The minimum atomic E-state index is -0.177. The Morgan fingerprint density at radius 1 is 0.800 bits per heavy atom. The van der Waals surface area contributed by atoms with Gasteiger partial charge in [-0.25, -0.2) is 9.97 Å². The quantitative estimate of drug-likeness (QED) is 0.281. The van der Waals surface area contributed by atoms with Gasteiger partial charge in [0.1, 0.15) is 10.0 Å². The first-order valence-electron chi connectivity index (χ1n) is 12.7. The largest absolute Gasteiger partial charge is 0.481 e. The first-order chi connectivity index (χ1) is 19.5. The van der Waals surface area contributed by atoms with Gasteiger partial charge >= 0.3 is 0 Å². The number of nitrogens with one attached hydrogen (secondary N) is 2. The number of hydrogen-bond acceptors (Lipinski definition) is 12. The highest BCUT2D eigenvalue weighted by Crippen LogP contribution is 2.43. The molecular formula is C26H28N8O4S2. The fraction of sp³-hybridized carbons (Fsp3) is 0.385. The fourth-order valence-corrected chi connectivity index (χ4v) is 6.39. The van der Waals surface area contributed by atoms with Crippen LogP contribution >= 0.6 is 22.7 Å². The third kappa shape index (κ3) is 7.12. The van der Waals surface area contributed by atoms with Crippen molar-refractivity contribution in [3.05, 3.63) is 57.8 Å². The van der Waals surface area contributed by atoms with Crippen molar-refractivity contribution in [2.45, 2.75) is 50.4 Å². The van der Waals surface area contributed by atoms with E-state index in [0.717, 1.165) is 46.8 Å². The van der Waals surface area contributed by atoms with Gasteiger partial charge in [0, 0.05) is 36.4 Å². The summed E-state index contributed by atoms with van der Waals surface area (Å²) in [5, 5.41) is 25.6. The number of amides is 2. The van der Waals surface area contributed by atoms with Crippen LogP contribution in [-0.2, 0) is 22.4 Å². The second kappa shape index (κ2) is 12.9. The van der Waals surface area contributed by atoms with E-state index in [4.69, 9.17) is 9.47 Å². The van der Waals surface area contributed by atoms with Crippen LogP contribution in [0.4, 0.5) is 10.3 Å². The van der Waals surface area contributed by atoms with E-state index in [9.17, 15) is 9.59 Å². The number of methoxy groups -OCH3 is 2. The van der Waals surface area contributed by atoms with Crippen LogP contribution in [0.5, 0.6) is 11.8 Å². The van der Waals surface area contributed by atoms with E-state index in [-0.39, 0.29) is 36.5 Å². The van der Waals surface area contributed by atoms with Crippen molar-refractivity contribution in [2.24, 2.45) is 0 Å². The average molecular weight is 581 g/mol. The minimum Gasteiger partial charge on any atom is -0.481 e. The van der Waals surface area contributed by atoms with E-state index in [1.165, 1.54) is 36.9 Å². The number of hydrogen-bond donors (Lipinski definition) is 2. The number of carbonyl (C=O) groups is 2. The zero-order valence-electron chi connectivity index (χ0n) is 22.0. The molecule has 0 saturated heterocycles. The molecule has 208 valence electrons. The summed E-state index contributed by atoms with van der Waals surface area (Å²) < 4.78 is 10.2. The molecule has 4 aromatic rings. The van der Waals surface area contributed by atoms with E-state index < -0.39 is 0 Å². The van der Waals surface area contributed by atoms with E-state index in [0.29, 0.717) is 22.0 Å². The molecule has 12 nitrogen and oxygen atoms in total. The van der Waals surface area contributed by atoms with Gasteiger partial charge in [0.15, 0.2) is 0 Å². The van der Waals surface area contributed by atoms with Crippen LogP contribution in [0.15, 0.2) is 36.7 Å². The number of nitrogens with zero attached hydrogens (tertiary/aromatic N) is 6. The minimum absolute atomic E-state index is 0.177. The monoisotopic (exact) mass is 580 g/mol. The van der Waals surface area contributed by atoms with Gasteiger partial charge in [0.25, 0.3) is 0 Å². The maximum absolute atomic E-state index is 12.5. The summed E-state index contributed by atoms with van der Waals surface area (Å²) in [6.45, 7) is 0. The topological polar surface area (TPSA) is 154 Å². The maximum atomic E-state index is 12.5. The van der Waals surface area contributed by atoms with Crippen molar-refractivity contribution in [2.75, 3.05) is 24.9 Å². The normalized spacial score (nSPS) is 16.8. The van der Waals surface area contributed by atoms with Crippen molar-refractivity contribution in [1.82, 2.24) is 30.4 Å². The third-order valence-corrected chi connectivity index (χ3v) is 8.50. The fourth-order valence-electron chi connectivity index (χ4n) is 4.58. The first-order valence-corrected chi connectivity index (χ1v) is 14.4. The molecule has 0 spiro atoms. The van der Waals surface area contributed by atoms with Crippen LogP contribution in [0, 0.1) is 0 Å². The summed E-state index contributed by atoms with van der Waals surface area (Å²) in [5.74, 6) is 1.01. The van der Waals surface area contributed by atoms with Crippen LogP contribution in [0.3, 0.4) is 0 Å². The molecule has 2 atom stereocenters. The SMILES string of the molecule is COc1cc(CC(=O)Nc2nnc(C3CCCC(c4nnc(NC(=O)Cc5ccnc(OC)c5)s4)C3)s2)ccn1. The average Bonchev–Trinajstić information content (AvgIpc) is 3.63. The Hall–Kier alpha value is -4.04. The van der Waals surface area contributed by atoms with Gasteiger partial charge in [-0.05, 0) is 42.5 Å². The second-order valence-corrected chi connectivity index (χ2v) is 11.3. The number of rotatable bonds is 10. The van der Waals surface area contributed by atoms with Crippen molar-refractivity contribution in [3.63, 3.8) is 0 Å². The summed E-state index contributed by atoms with van der Waals surface area (Å²) in [5.41, 5.74) is 1.60. The lowest BCUT2D eigenvalue weighted by Crippen LogP contribution is -2.14. The molecule has 0 aliphatic heterocycles. The lowest BCUT2D eigenvalue weighted by molar-refractivity contribution is -0.116. The predicted octanol–water partition coefficient (Wildman–Crippen LogP) is 4.00. The predicted molar refractivity (Wildman–Crippen MR) is 150 cm³/mol. The molecule has 40 heavy (non-hydrogen) atoms. The number of anilines is 2. The highest BCUT2D eigenvalue weighted by Gasteiger charge is 2.29. The first kappa shape index (κ1) is 27.5. The molecule has 5 rings (SSSR count). The molecule has 2 amide bonds. The van der Waals surface area contributed by atoms with Gasteiger partial charge in [-0.3, -0.25) is 9.59 Å². The lowest BCUT2D eigenvalue weighted by Gasteiger charge is -2.25. The molecular weight excluding hydrogens is 552 g/mol. The van der Waals surface area contributed by atoms with Crippen LogP contribution < -0.4 is 20.1 Å². The Kier molecular flexibility index (Phi) is 8.86. The smallest absolute Gasteiger partial charge is 0.230 e. The highest BCUT2D eigenvalue weighted by molar-refractivity contribution is 7.15. The number of carbonyl (C=O) groups excluding carboxylic acids is 2. The second-order valence-electron chi connectivity index (χ2n) is 9.31. The number of aromatic nitrogens is 6. The molecule has 2 N–H and O–H groups in total. The van der Waals surface area contributed by atoms with Crippen molar-refractivity contribution in [1.29, 1.82) is 0 Å². The lowest BCUT2D eigenvalue weighted by atomic mass is 9.82. The molecule has 1 fully saturated rings. The standard InChI is InChI=1S/C26H28N8O4S2/c1-37-21-12-15(6-8-27-21)10-19(35)29-25-33-31-23(39-25)17-4-3-5-18(14-17)24-32-34-26(40-24)30-20(36)11-16-7-9-28-22(13-16)38-2/h6-9,12-13,17-18H,3-5,10-11,14H2,1-2H3,(H,29,33,35)(H,30,34,36). The van der Waals surface area contributed by atoms with Crippen molar-refractivity contribution in [3.8, 4) is 11.8 Å². The molecule has 4 heterocycles. The number of ether oxygens (including phenoxy) is 2. The Bertz CT molecular complexity index is 1370. The van der Waals surface area contributed by atoms with Crippen LogP contribution in [0.2, 0.25) is 0 Å². The Labute approximate surface area is 238 Å². The summed E-state index contributed by atoms with van der Waals surface area (Å²) >= 11 is 2.81. The molecule has 1 aliphatic carbocycles. The van der Waals surface area contributed by atoms with Crippen LogP contribution in [0.25, 0.3) is 0 Å². The summed E-state index contributed by atoms with van der Waals surface area (Å²) in [6, 6.07) is 7.02. The van der Waals surface area contributed by atoms with Gasteiger partial charge in [-0.15, -0.1) is 20.4 Å². The molecule has 0 radical (unpaired) electrons. The molecule has 2 unspecified atom stereocenters. The summed E-state index contributed by atoms with van der Waals surface area (Å²) in [7, 11) is 3.08. The Morgan fingerprint density at radius 2 is 1.27 bits per heavy atom. The third-order valence-electron chi connectivity index (χ3n) is 6.49. The van der Waals surface area contributed by atoms with E-state index in [2.05, 4.69) is 41.0 Å². The summed E-state index contributed by atoms with van der Waals surface area (Å²) in [6.07, 6.45) is 7.46. The summed E-state index contributed by atoms with van der Waals surface area (Å²) in [4.78, 5) is 33.2.